The highest BCUT2D eigenvalue weighted by atomic mass is 16.6. The summed E-state index contributed by atoms with van der Waals surface area (Å²) in [7, 11) is 0. The van der Waals surface area contributed by atoms with E-state index in [2.05, 4.69) is 32.9 Å². The number of unbranched alkanes of at least 4 members (excludes halogenated alkanes) is 11. The third kappa shape index (κ3) is 17.0. The van der Waals surface area contributed by atoms with Gasteiger partial charge in [-0.1, -0.05) is 84.3 Å². The maximum Gasteiger partial charge on any atom is 0.307 e. The second-order valence-corrected chi connectivity index (χ2v) is 7.87. The van der Waals surface area contributed by atoms with Gasteiger partial charge >= 0.3 is 5.97 Å². The van der Waals surface area contributed by atoms with Crippen LogP contribution >= 0.6 is 0 Å². The molecule has 0 amide bonds. The molecule has 0 aromatic carbocycles. The fraction of sp³-hybridized carbons (Fsp3) is 0.875. The summed E-state index contributed by atoms with van der Waals surface area (Å²) in [6.45, 7) is 6.44. The topological polar surface area (TPSA) is 52.3 Å². The van der Waals surface area contributed by atoms with Crippen molar-refractivity contribution in [2.75, 3.05) is 0 Å². The molecule has 0 aliphatic rings. The van der Waals surface area contributed by atoms with Crippen LogP contribution in [-0.2, 0) is 9.53 Å². The molecule has 0 aliphatic heterocycles. The van der Waals surface area contributed by atoms with Gasteiger partial charge in [-0.15, -0.1) is 0 Å². The Morgan fingerprint density at radius 3 is 1.78 bits per heavy atom. The number of carbonyl (C=O) groups is 1. The van der Waals surface area contributed by atoms with Crippen LogP contribution in [0, 0.1) is 5.92 Å². The van der Waals surface area contributed by atoms with Gasteiger partial charge in [-0.2, -0.15) is 0 Å². The van der Waals surface area contributed by atoms with E-state index in [9.17, 15) is 4.79 Å². The van der Waals surface area contributed by atoms with Gasteiger partial charge in [0.05, 0.1) is 0 Å². The monoisotopic (exact) mass is 381 g/mol. The minimum absolute atomic E-state index is 0.132. The Hall–Kier alpha value is -0.830. The summed E-state index contributed by atoms with van der Waals surface area (Å²) in [5.41, 5.74) is 5.95. The fourth-order valence-corrected chi connectivity index (χ4v) is 3.40. The van der Waals surface area contributed by atoms with Crippen molar-refractivity contribution < 1.29 is 9.53 Å². The van der Waals surface area contributed by atoms with E-state index in [1.165, 1.54) is 70.6 Å². The van der Waals surface area contributed by atoms with Crippen LogP contribution in [0.2, 0.25) is 0 Å². The van der Waals surface area contributed by atoms with Crippen molar-refractivity contribution in [1.29, 1.82) is 0 Å². The molecule has 0 spiro atoms. The fourth-order valence-electron chi connectivity index (χ4n) is 3.40. The molecule has 0 saturated heterocycles. The van der Waals surface area contributed by atoms with Gasteiger partial charge in [0.1, 0.15) is 0 Å². The summed E-state index contributed by atoms with van der Waals surface area (Å²) in [6.07, 6.45) is 23.1. The molecule has 160 valence electrons. The highest BCUT2D eigenvalue weighted by Crippen LogP contribution is 2.14. The Morgan fingerprint density at radius 2 is 1.26 bits per heavy atom. The average Bonchev–Trinajstić information content (AvgIpc) is 2.65. The Labute approximate surface area is 169 Å². The zero-order valence-corrected chi connectivity index (χ0v) is 18.5. The molecule has 27 heavy (non-hydrogen) atoms. The molecule has 0 aliphatic carbocycles. The average molecular weight is 382 g/mol. The SMILES string of the molecule is CCCCCCCC/C=C\CCCCCCCC(=O)OC(N)C(CC)CC. The molecule has 0 aromatic rings. The molecular weight excluding hydrogens is 334 g/mol. The highest BCUT2D eigenvalue weighted by molar-refractivity contribution is 5.69. The third-order valence-corrected chi connectivity index (χ3v) is 5.42. The molecule has 0 radical (unpaired) electrons. The molecule has 0 bridgehead atoms. The summed E-state index contributed by atoms with van der Waals surface area (Å²) in [5.74, 6) is 0.148. The molecule has 1 unspecified atom stereocenters. The number of rotatable bonds is 19. The van der Waals surface area contributed by atoms with Crippen molar-refractivity contribution in [2.24, 2.45) is 11.7 Å². The quantitative estimate of drug-likeness (QED) is 0.111. The molecule has 0 fully saturated rings. The number of hydrogen-bond acceptors (Lipinski definition) is 3. The first-order valence-electron chi connectivity index (χ1n) is 11.8. The minimum Gasteiger partial charge on any atom is -0.446 e. The Balaban J connectivity index is 3.39. The number of allylic oxidation sites excluding steroid dienone is 2. The van der Waals surface area contributed by atoms with Gasteiger partial charge < -0.3 is 4.74 Å². The molecule has 0 rings (SSSR count). The van der Waals surface area contributed by atoms with Crippen LogP contribution in [0.3, 0.4) is 0 Å². The van der Waals surface area contributed by atoms with Gasteiger partial charge in [-0.05, 0) is 44.9 Å². The van der Waals surface area contributed by atoms with E-state index in [1.54, 1.807) is 0 Å². The minimum atomic E-state index is -0.435. The Morgan fingerprint density at radius 1 is 0.778 bits per heavy atom. The lowest BCUT2D eigenvalue weighted by Crippen LogP contribution is -2.34. The van der Waals surface area contributed by atoms with E-state index in [0.29, 0.717) is 6.42 Å². The largest absolute Gasteiger partial charge is 0.446 e. The second kappa shape index (κ2) is 19.9. The molecule has 2 N–H and O–H groups in total. The van der Waals surface area contributed by atoms with Crippen LogP contribution < -0.4 is 5.73 Å². The molecular formula is C24H47NO2. The second-order valence-electron chi connectivity index (χ2n) is 7.87. The summed E-state index contributed by atoms with van der Waals surface area (Å²) in [5, 5.41) is 0. The number of esters is 1. The number of hydrogen-bond donors (Lipinski definition) is 1. The smallest absolute Gasteiger partial charge is 0.307 e. The van der Waals surface area contributed by atoms with E-state index in [0.717, 1.165) is 25.7 Å². The molecule has 0 heterocycles. The number of ether oxygens (including phenoxy) is 1. The molecule has 0 saturated carbocycles. The van der Waals surface area contributed by atoms with Gasteiger partial charge in [-0.25, -0.2) is 0 Å². The number of carbonyl (C=O) groups excluding carboxylic acids is 1. The Bertz CT molecular complexity index is 350. The van der Waals surface area contributed by atoms with Crippen molar-refractivity contribution in [1.82, 2.24) is 0 Å². The first-order chi connectivity index (χ1) is 13.2. The zero-order valence-electron chi connectivity index (χ0n) is 18.5. The van der Waals surface area contributed by atoms with E-state index < -0.39 is 6.23 Å². The predicted molar refractivity (Wildman–Crippen MR) is 118 cm³/mol. The number of nitrogens with two attached hydrogens (primary N) is 1. The van der Waals surface area contributed by atoms with Crippen LogP contribution in [0.15, 0.2) is 12.2 Å². The van der Waals surface area contributed by atoms with Gasteiger partial charge in [0.25, 0.3) is 0 Å². The van der Waals surface area contributed by atoms with Crippen LogP contribution in [0.25, 0.3) is 0 Å². The standard InChI is InChI=1S/C24H47NO2/c1-4-7-8-9-10-11-12-13-14-15-16-17-18-19-20-21-23(26)27-24(25)22(5-2)6-3/h13-14,22,24H,4-12,15-21,25H2,1-3H3/b14-13-. The lowest BCUT2D eigenvalue weighted by Gasteiger charge is -2.21. The van der Waals surface area contributed by atoms with Crippen molar-refractivity contribution in [3.8, 4) is 0 Å². The summed E-state index contributed by atoms with van der Waals surface area (Å²) in [4.78, 5) is 11.8. The van der Waals surface area contributed by atoms with Gasteiger partial charge in [0.15, 0.2) is 6.23 Å². The van der Waals surface area contributed by atoms with Crippen molar-refractivity contribution in [2.45, 2.75) is 130 Å². The van der Waals surface area contributed by atoms with Gasteiger partial charge in [0.2, 0.25) is 0 Å². The van der Waals surface area contributed by atoms with Crippen LogP contribution in [0.1, 0.15) is 124 Å². The third-order valence-electron chi connectivity index (χ3n) is 5.42. The van der Waals surface area contributed by atoms with Crippen LogP contribution in [0.5, 0.6) is 0 Å². The van der Waals surface area contributed by atoms with Crippen LogP contribution in [-0.4, -0.2) is 12.2 Å². The molecule has 1 atom stereocenters. The maximum absolute atomic E-state index is 11.8. The molecule has 3 heteroatoms. The first-order valence-corrected chi connectivity index (χ1v) is 11.8. The van der Waals surface area contributed by atoms with Gasteiger partial charge in [0, 0.05) is 12.3 Å². The Kier molecular flexibility index (Phi) is 19.3. The van der Waals surface area contributed by atoms with E-state index in [-0.39, 0.29) is 11.9 Å². The maximum atomic E-state index is 11.8. The van der Waals surface area contributed by atoms with Crippen molar-refractivity contribution >= 4 is 5.97 Å². The summed E-state index contributed by atoms with van der Waals surface area (Å²) >= 11 is 0. The van der Waals surface area contributed by atoms with E-state index in [4.69, 9.17) is 10.5 Å². The van der Waals surface area contributed by atoms with E-state index >= 15 is 0 Å². The zero-order chi connectivity index (χ0) is 20.2. The lowest BCUT2D eigenvalue weighted by molar-refractivity contribution is -0.151. The van der Waals surface area contributed by atoms with Crippen LogP contribution in [0.4, 0.5) is 0 Å². The van der Waals surface area contributed by atoms with Crippen molar-refractivity contribution in [3.05, 3.63) is 12.2 Å². The molecule has 0 aromatic heterocycles. The predicted octanol–water partition coefficient (Wildman–Crippen LogP) is 7.29. The summed E-state index contributed by atoms with van der Waals surface area (Å²) in [6, 6.07) is 0. The van der Waals surface area contributed by atoms with Crippen molar-refractivity contribution in [3.63, 3.8) is 0 Å². The summed E-state index contributed by atoms with van der Waals surface area (Å²) < 4.78 is 5.34. The lowest BCUT2D eigenvalue weighted by atomic mass is 10.0. The van der Waals surface area contributed by atoms with E-state index in [1.807, 2.05) is 0 Å². The highest BCUT2D eigenvalue weighted by Gasteiger charge is 2.17. The first kappa shape index (κ1) is 26.2. The molecule has 3 nitrogen and oxygen atoms in total. The normalized spacial score (nSPS) is 12.8. The van der Waals surface area contributed by atoms with Gasteiger partial charge in [-0.3, -0.25) is 10.5 Å².